The molecule has 6 nitrogen and oxygen atoms in total. The zero-order valence-electron chi connectivity index (χ0n) is 9.18. The van der Waals surface area contributed by atoms with Gasteiger partial charge in [0.15, 0.2) is 11.0 Å². The Morgan fingerprint density at radius 2 is 1.94 bits per heavy atom. The maximum Gasteiger partial charge on any atom is 0.207 e. The van der Waals surface area contributed by atoms with E-state index in [1.54, 1.807) is 4.57 Å². The van der Waals surface area contributed by atoms with Gasteiger partial charge in [-0.3, -0.25) is 9.98 Å². The van der Waals surface area contributed by atoms with Crippen molar-refractivity contribution < 1.29 is 0 Å². The highest BCUT2D eigenvalue weighted by atomic mass is 15.3. The smallest absolute Gasteiger partial charge is 0.207 e. The summed E-state index contributed by atoms with van der Waals surface area (Å²) in [5, 5.41) is 18.5. The first kappa shape index (κ1) is 9.71. The van der Waals surface area contributed by atoms with Gasteiger partial charge in [-0.1, -0.05) is 18.2 Å². The lowest BCUT2D eigenvalue weighted by Crippen LogP contribution is -2.22. The summed E-state index contributed by atoms with van der Waals surface area (Å²) in [6, 6.07) is 9.64. The third kappa shape index (κ3) is 1.42. The number of aromatic nitrogens is 5. The molecule has 17 heavy (non-hydrogen) atoms. The van der Waals surface area contributed by atoms with E-state index in [1.165, 1.54) is 0 Å². The zero-order chi connectivity index (χ0) is 11.8. The van der Waals surface area contributed by atoms with E-state index in [9.17, 15) is 0 Å². The molecule has 2 aromatic heterocycles. The van der Waals surface area contributed by atoms with Gasteiger partial charge < -0.3 is 0 Å². The summed E-state index contributed by atoms with van der Waals surface area (Å²) >= 11 is 0. The van der Waals surface area contributed by atoms with Crippen LogP contribution in [0.15, 0.2) is 30.3 Å². The molecule has 0 spiro atoms. The fraction of sp³-hybridized carbons (Fsp3) is 0.0909. The van der Waals surface area contributed by atoms with Gasteiger partial charge in [0, 0.05) is 5.69 Å². The first-order valence-corrected chi connectivity index (χ1v) is 5.17. The quantitative estimate of drug-likeness (QED) is 0.647. The van der Waals surface area contributed by atoms with Gasteiger partial charge in [-0.05, 0) is 19.1 Å². The van der Waals surface area contributed by atoms with Crippen molar-refractivity contribution in [2.45, 2.75) is 6.92 Å². The number of hydrogen-bond donors (Lipinski definition) is 2. The van der Waals surface area contributed by atoms with Gasteiger partial charge >= 0.3 is 0 Å². The third-order valence-electron chi connectivity index (χ3n) is 2.58. The fourth-order valence-electron chi connectivity index (χ4n) is 1.83. The van der Waals surface area contributed by atoms with Crippen molar-refractivity contribution in [2.24, 2.45) is 0 Å². The Morgan fingerprint density at radius 3 is 2.71 bits per heavy atom. The Bertz CT molecular complexity index is 725. The molecule has 84 valence electrons. The van der Waals surface area contributed by atoms with Crippen LogP contribution in [0.1, 0.15) is 5.82 Å². The van der Waals surface area contributed by atoms with Gasteiger partial charge in [-0.2, -0.15) is 10.3 Å². The van der Waals surface area contributed by atoms with Gasteiger partial charge in [0.2, 0.25) is 5.65 Å². The highest BCUT2D eigenvalue weighted by Crippen LogP contribution is 2.08. The molecule has 3 aromatic rings. The van der Waals surface area contributed by atoms with Crippen LogP contribution in [0.3, 0.4) is 0 Å². The Labute approximate surface area is 96.5 Å². The Kier molecular flexibility index (Phi) is 2.01. The molecule has 0 radical (unpaired) electrons. The van der Waals surface area contributed by atoms with Gasteiger partial charge in [0.1, 0.15) is 5.82 Å². The maximum absolute atomic E-state index is 8.13. The van der Waals surface area contributed by atoms with Crippen LogP contribution in [-0.4, -0.2) is 25.0 Å². The lowest BCUT2D eigenvalue weighted by molar-refractivity contribution is 0.852. The molecule has 0 atom stereocenters. The minimum absolute atomic E-state index is 0.285. The topological polar surface area (TPSA) is 83.2 Å². The minimum atomic E-state index is 0.285. The average Bonchev–Trinajstić information content (AvgIpc) is 2.78. The summed E-state index contributed by atoms with van der Waals surface area (Å²) in [7, 11) is 0. The number of nitrogens with one attached hydrogen (secondary N) is 2. The molecule has 1 aromatic carbocycles. The molecule has 0 fully saturated rings. The van der Waals surface area contributed by atoms with E-state index in [-0.39, 0.29) is 5.49 Å². The number of aryl methyl sites for hydroxylation is 1. The fourth-order valence-corrected chi connectivity index (χ4v) is 1.83. The predicted octanol–water partition coefficient (Wildman–Crippen LogP) is 0.931. The van der Waals surface area contributed by atoms with Crippen LogP contribution >= 0.6 is 0 Å². The molecule has 3 rings (SSSR count). The van der Waals surface area contributed by atoms with E-state index in [4.69, 9.17) is 5.41 Å². The molecule has 0 aliphatic heterocycles. The van der Waals surface area contributed by atoms with Gasteiger partial charge in [0.05, 0.1) is 0 Å². The second kappa shape index (κ2) is 3.51. The molecule has 6 heteroatoms. The largest absolute Gasteiger partial charge is 0.282 e. The van der Waals surface area contributed by atoms with Gasteiger partial charge in [-0.15, -0.1) is 5.10 Å². The number of fused-ring (bicyclic) bond motifs is 1. The predicted molar refractivity (Wildman–Crippen MR) is 61.6 cm³/mol. The summed E-state index contributed by atoms with van der Waals surface area (Å²) in [6.07, 6.45) is 0. The summed E-state index contributed by atoms with van der Waals surface area (Å²) in [5.74, 6) is 0.711. The third-order valence-corrected chi connectivity index (χ3v) is 2.58. The molecular weight excluding hydrogens is 216 g/mol. The molecule has 0 aliphatic carbocycles. The van der Waals surface area contributed by atoms with E-state index in [0.717, 1.165) is 5.69 Å². The minimum Gasteiger partial charge on any atom is -0.282 e. The first-order chi connectivity index (χ1) is 8.27. The van der Waals surface area contributed by atoms with Crippen LogP contribution in [0.5, 0.6) is 0 Å². The SMILES string of the molecule is Cc1nc2n[nH]nc2c(=N)n1-c1ccccc1. The van der Waals surface area contributed by atoms with Crippen molar-refractivity contribution in [3.63, 3.8) is 0 Å². The molecule has 0 amide bonds. The molecule has 0 bridgehead atoms. The Morgan fingerprint density at radius 1 is 1.18 bits per heavy atom. The molecule has 0 unspecified atom stereocenters. The van der Waals surface area contributed by atoms with Crippen molar-refractivity contribution in [1.82, 2.24) is 25.0 Å². The molecule has 0 saturated carbocycles. The number of para-hydroxylation sites is 1. The van der Waals surface area contributed by atoms with E-state index in [2.05, 4.69) is 20.4 Å². The summed E-state index contributed by atoms with van der Waals surface area (Å²) in [4.78, 5) is 4.31. The van der Waals surface area contributed by atoms with E-state index in [0.29, 0.717) is 17.0 Å². The number of rotatable bonds is 1. The Balaban J connectivity index is 2.40. The van der Waals surface area contributed by atoms with Crippen molar-refractivity contribution in [1.29, 1.82) is 5.41 Å². The lowest BCUT2D eigenvalue weighted by atomic mass is 10.3. The van der Waals surface area contributed by atoms with Crippen molar-refractivity contribution in [3.8, 4) is 5.69 Å². The number of nitrogens with zero attached hydrogens (tertiary/aromatic N) is 4. The van der Waals surface area contributed by atoms with Crippen molar-refractivity contribution >= 4 is 11.2 Å². The molecule has 2 N–H and O–H groups in total. The van der Waals surface area contributed by atoms with Crippen LogP contribution in [0.4, 0.5) is 0 Å². The monoisotopic (exact) mass is 226 g/mol. The second-order valence-corrected chi connectivity index (χ2v) is 3.67. The standard InChI is InChI=1S/C11H10N6/c1-7-13-11-9(14-16-15-11)10(12)17(7)8-5-3-2-4-6-8/h2-6,12H,1H3,(H,14,15,16). The van der Waals surface area contributed by atoms with Gasteiger partial charge in [0.25, 0.3) is 0 Å². The van der Waals surface area contributed by atoms with Crippen molar-refractivity contribution in [2.75, 3.05) is 0 Å². The number of benzene rings is 1. The summed E-state index contributed by atoms with van der Waals surface area (Å²) in [6.45, 7) is 1.85. The number of aromatic amines is 1. The van der Waals surface area contributed by atoms with Gasteiger partial charge in [-0.25, -0.2) is 4.98 Å². The van der Waals surface area contributed by atoms with Crippen LogP contribution in [0, 0.1) is 12.3 Å². The average molecular weight is 226 g/mol. The molecule has 2 heterocycles. The van der Waals surface area contributed by atoms with E-state index in [1.807, 2.05) is 37.3 Å². The number of H-pyrrole nitrogens is 1. The normalized spacial score (nSPS) is 10.9. The number of hydrogen-bond acceptors (Lipinski definition) is 4. The highest BCUT2D eigenvalue weighted by Gasteiger charge is 2.09. The van der Waals surface area contributed by atoms with Crippen LogP contribution in [0.2, 0.25) is 0 Å². The zero-order valence-corrected chi connectivity index (χ0v) is 9.18. The van der Waals surface area contributed by atoms with Crippen LogP contribution in [-0.2, 0) is 0 Å². The second-order valence-electron chi connectivity index (χ2n) is 3.67. The van der Waals surface area contributed by atoms with Crippen molar-refractivity contribution in [3.05, 3.63) is 41.6 Å². The summed E-state index contributed by atoms with van der Waals surface area (Å²) in [5.41, 5.74) is 2.12. The van der Waals surface area contributed by atoms with E-state index < -0.39 is 0 Å². The highest BCUT2D eigenvalue weighted by molar-refractivity contribution is 5.67. The van der Waals surface area contributed by atoms with E-state index >= 15 is 0 Å². The Hall–Kier alpha value is -2.50. The lowest BCUT2D eigenvalue weighted by Gasteiger charge is -2.09. The van der Waals surface area contributed by atoms with Crippen LogP contribution < -0.4 is 5.49 Å². The molecule has 0 saturated heterocycles. The molecule has 0 aliphatic rings. The maximum atomic E-state index is 8.13. The first-order valence-electron chi connectivity index (χ1n) is 5.17. The van der Waals surface area contributed by atoms with Crippen LogP contribution in [0.25, 0.3) is 16.9 Å². The molecular formula is C11H10N6. The summed E-state index contributed by atoms with van der Waals surface area (Å²) < 4.78 is 1.74.